The van der Waals surface area contributed by atoms with Gasteiger partial charge in [-0.15, -0.1) is 0 Å². The van der Waals surface area contributed by atoms with E-state index in [0.717, 1.165) is 11.3 Å². The highest BCUT2D eigenvalue weighted by Crippen LogP contribution is 1.97. The van der Waals surface area contributed by atoms with Gasteiger partial charge in [0.1, 0.15) is 0 Å². The van der Waals surface area contributed by atoms with Crippen LogP contribution in [0.2, 0.25) is 0 Å². The first-order chi connectivity index (χ1) is 4.33. The second-order valence-electron chi connectivity index (χ2n) is 1.86. The molecule has 46 valence electrons. The van der Waals surface area contributed by atoms with Crippen molar-refractivity contribution in [3.63, 3.8) is 0 Å². The molecule has 2 heteroatoms. The molecule has 1 heterocycles. The van der Waals surface area contributed by atoms with Gasteiger partial charge in [0, 0.05) is 0 Å². The average molecular weight is 120 g/mol. The van der Waals surface area contributed by atoms with E-state index in [1.165, 1.54) is 0 Å². The molecule has 0 spiro atoms. The van der Waals surface area contributed by atoms with E-state index in [9.17, 15) is 0 Å². The van der Waals surface area contributed by atoms with Crippen molar-refractivity contribution >= 4 is 6.08 Å². The van der Waals surface area contributed by atoms with Gasteiger partial charge in [0.2, 0.25) is 0 Å². The summed E-state index contributed by atoms with van der Waals surface area (Å²) in [6, 6.07) is 1.93. The van der Waals surface area contributed by atoms with Crippen molar-refractivity contribution < 1.29 is 0 Å². The second kappa shape index (κ2) is 2.40. The summed E-state index contributed by atoms with van der Waals surface area (Å²) in [5.41, 5.74) is 1.94. The van der Waals surface area contributed by atoms with Gasteiger partial charge in [-0.3, -0.25) is 0 Å². The van der Waals surface area contributed by atoms with Crippen LogP contribution in [0.1, 0.15) is 11.3 Å². The first kappa shape index (κ1) is 5.95. The number of aromatic nitrogens is 2. The Balaban J connectivity index is 3.07. The summed E-state index contributed by atoms with van der Waals surface area (Å²) in [7, 11) is 0. The molecule has 1 rings (SSSR count). The Morgan fingerprint density at radius 3 is 2.89 bits per heavy atom. The molecule has 0 N–H and O–H groups in total. The molecule has 0 aliphatic carbocycles. The third-order valence-electron chi connectivity index (χ3n) is 1.02. The lowest BCUT2D eigenvalue weighted by Crippen LogP contribution is -1.85. The Morgan fingerprint density at radius 1 is 1.67 bits per heavy atom. The van der Waals surface area contributed by atoms with Crippen molar-refractivity contribution in [1.29, 1.82) is 0 Å². The largest absolute Gasteiger partial charge is 0.158 e. The fourth-order valence-electron chi connectivity index (χ4n) is 0.586. The summed E-state index contributed by atoms with van der Waals surface area (Å²) in [6.45, 7) is 5.54. The minimum absolute atomic E-state index is 0.829. The molecule has 0 radical (unpaired) electrons. The maximum Gasteiger partial charge on any atom is 0.0854 e. The van der Waals surface area contributed by atoms with E-state index >= 15 is 0 Å². The van der Waals surface area contributed by atoms with Crippen molar-refractivity contribution in [2.75, 3.05) is 0 Å². The monoisotopic (exact) mass is 120 g/mol. The Hall–Kier alpha value is -1.18. The Kier molecular flexibility index (Phi) is 1.58. The van der Waals surface area contributed by atoms with E-state index in [4.69, 9.17) is 0 Å². The van der Waals surface area contributed by atoms with Crippen LogP contribution >= 0.6 is 0 Å². The molecule has 1 aromatic heterocycles. The van der Waals surface area contributed by atoms with Gasteiger partial charge in [-0.2, -0.15) is 10.2 Å². The summed E-state index contributed by atoms with van der Waals surface area (Å²) in [4.78, 5) is 0. The van der Waals surface area contributed by atoms with Gasteiger partial charge in [-0.05, 0) is 24.6 Å². The van der Waals surface area contributed by atoms with E-state index in [1.807, 2.05) is 13.0 Å². The molecule has 9 heavy (non-hydrogen) atoms. The number of hydrogen-bond donors (Lipinski definition) is 0. The molecule has 0 aliphatic rings. The zero-order chi connectivity index (χ0) is 6.69. The molecule has 0 atom stereocenters. The fourth-order valence-corrected chi connectivity index (χ4v) is 0.586. The minimum Gasteiger partial charge on any atom is -0.158 e. The molecule has 0 saturated heterocycles. The van der Waals surface area contributed by atoms with Gasteiger partial charge < -0.3 is 0 Å². The molecule has 1 aromatic rings. The molecule has 0 aliphatic heterocycles. The first-order valence-electron chi connectivity index (χ1n) is 2.74. The Bertz CT molecular complexity index is 218. The highest BCUT2D eigenvalue weighted by molar-refractivity contribution is 5.41. The summed E-state index contributed by atoms with van der Waals surface area (Å²) in [5.74, 6) is 0. The van der Waals surface area contributed by atoms with Crippen molar-refractivity contribution in [2.45, 2.75) is 6.92 Å². The van der Waals surface area contributed by atoms with Crippen molar-refractivity contribution in [3.05, 3.63) is 30.1 Å². The zero-order valence-electron chi connectivity index (χ0n) is 5.33. The molecule has 0 fully saturated rings. The Morgan fingerprint density at radius 2 is 2.44 bits per heavy atom. The van der Waals surface area contributed by atoms with Gasteiger partial charge >= 0.3 is 0 Å². The standard InChI is InChI=1S/C7H8N2/c1-3-7-4-6(2)5-8-9-7/h3-5H,1H2,2H3. The van der Waals surface area contributed by atoms with Crippen LogP contribution in [-0.4, -0.2) is 10.2 Å². The van der Waals surface area contributed by atoms with Crippen LogP contribution in [0.3, 0.4) is 0 Å². The van der Waals surface area contributed by atoms with Crippen LogP contribution in [0.25, 0.3) is 6.08 Å². The molecule has 0 bridgehead atoms. The summed E-state index contributed by atoms with van der Waals surface area (Å²) in [6.07, 6.45) is 3.40. The predicted octanol–water partition coefficient (Wildman–Crippen LogP) is 1.43. The van der Waals surface area contributed by atoms with Crippen molar-refractivity contribution in [2.24, 2.45) is 0 Å². The normalized spacial score (nSPS) is 9.00. The molecule has 0 amide bonds. The molecular weight excluding hydrogens is 112 g/mol. The maximum atomic E-state index is 3.79. The van der Waals surface area contributed by atoms with E-state index in [-0.39, 0.29) is 0 Å². The fraction of sp³-hybridized carbons (Fsp3) is 0.143. The SMILES string of the molecule is C=Cc1cc(C)cnn1. The van der Waals surface area contributed by atoms with Gasteiger partial charge in [-0.25, -0.2) is 0 Å². The van der Waals surface area contributed by atoms with Crippen LogP contribution in [0.15, 0.2) is 18.8 Å². The van der Waals surface area contributed by atoms with E-state index in [1.54, 1.807) is 12.3 Å². The highest BCUT2D eigenvalue weighted by atomic mass is 15.1. The van der Waals surface area contributed by atoms with E-state index in [0.29, 0.717) is 0 Å². The average Bonchev–Trinajstić information content (AvgIpc) is 1.88. The highest BCUT2D eigenvalue weighted by Gasteiger charge is 1.86. The van der Waals surface area contributed by atoms with Crippen LogP contribution in [-0.2, 0) is 0 Å². The number of nitrogens with zero attached hydrogens (tertiary/aromatic N) is 2. The Labute approximate surface area is 54.2 Å². The van der Waals surface area contributed by atoms with Gasteiger partial charge in [0.15, 0.2) is 0 Å². The summed E-state index contributed by atoms with van der Waals surface area (Å²) >= 11 is 0. The second-order valence-corrected chi connectivity index (χ2v) is 1.86. The lowest BCUT2D eigenvalue weighted by molar-refractivity contribution is 1.00. The summed E-state index contributed by atoms with van der Waals surface area (Å²) < 4.78 is 0. The number of aryl methyl sites for hydroxylation is 1. The number of rotatable bonds is 1. The van der Waals surface area contributed by atoms with Crippen LogP contribution < -0.4 is 0 Å². The number of hydrogen-bond acceptors (Lipinski definition) is 2. The molecule has 0 aromatic carbocycles. The maximum absolute atomic E-state index is 3.79. The first-order valence-corrected chi connectivity index (χ1v) is 2.74. The zero-order valence-corrected chi connectivity index (χ0v) is 5.33. The topological polar surface area (TPSA) is 25.8 Å². The quantitative estimate of drug-likeness (QED) is 0.560. The van der Waals surface area contributed by atoms with Gasteiger partial charge in [-0.1, -0.05) is 6.58 Å². The summed E-state index contributed by atoms with van der Waals surface area (Å²) in [5, 5.41) is 7.52. The molecule has 0 unspecified atom stereocenters. The van der Waals surface area contributed by atoms with Gasteiger partial charge in [0.05, 0.1) is 11.9 Å². The third-order valence-corrected chi connectivity index (χ3v) is 1.02. The van der Waals surface area contributed by atoms with Crippen molar-refractivity contribution in [1.82, 2.24) is 10.2 Å². The molecular formula is C7H8N2. The lowest BCUT2D eigenvalue weighted by atomic mass is 10.3. The van der Waals surface area contributed by atoms with Crippen LogP contribution in [0, 0.1) is 6.92 Å². The smallest absolute Gasteiger partial charge is 0.0854 e. The third kappa shape index (κ3) is 1.35. The van der Waals surface area contributed by atoms with Crippen molar-refractivity contribution in [3.8, 4) is 0 Å². The lowest BCUT2D eigenvalue weighted by Gasteiger charge is -1.89. The van der Waals surface area contributed by atoms with E-state index < -0.39 is 0 Å². The minimum atomic E-state index is 0.829. The molecule has 0 saturated carbocycles. The van der Waals surface area contributed by atoms with E-state index in [2.05, 4.69) is 16.8 Å². The van der Waals surface area contributed by atoms with Crippen LogP contribution in [0.5, 0.6) is 0 Å². The van der Waals surface area contributed by atoms with Gasteiger partial charge in [0.25, 0.3) is 0 Å². The molecule has 2 nitrogen and oxygen atoms in total. The van der Waals surface area contributed by atoms with Crippen LogP contribution in [0.4, 0.5) is 0 Å². The predicted molar refractivity (Wildman–Crippen MR) is 36.9 cm³/mol.